The molecule has 1 atom stereocenters. The predicted octanol–water partition coefficient (Wildman–Crippen LogP) is 2.34. The number of hydrogen-bond donors (Lipinski definition) is 1. The van der Waals surface area contributed by atoms with Crippen molar-refractivity contribution in [1.82, 2.24) is 4.90 Å². The Morgan fingerprint density at radius 1 is 1.21 bits per heavy atom. The van der Waals surface area contributed by atoms with Crippen LogP contribution in [0.1, 0.15) is 41.0 Å². The Morgan fingerprint density at radius 2 is 1.71 bits per heavy atom. The Hall–Kier alpha value is -0.0800. The molecule has 0 fully saturated rings. The number of nitrogens with two attached hydrogens (primary N) is 1. The summed E-state index contributed by atoms with van der Waals surface area (Å²) in [5.41, 5.74) is 6.42. The van der Waals surface area contributed by atoms with Gasteiger partial charge in [0.15, 0.2) is 0 Å². The Morgan fingerprint density at radius 3 is 2.07 bits per heavy atom. The van der Waals surface area contributed by atoms with Gasteiger partial charge in [-0.1, -0.05) is 34.6 Å². The van der Waals surface area contributed by atoms with Crippen LogP contribution in [-0.2, 0) is 0 Å². The topological polar surface area (TPSA) is 29.3 Å². The quantitative estimate of drug-likeness (QED) is 0.738. The van der Waals surface area contributed by atoms with Crippen LogP contribution in [0.25, 0.3) is 0 Å². The molecule has 0 saturated heterocycles. The molecule has 0 aromatic carbocycles. The van der Waals surface area contributed by atoms with E-state index in [0.29, 0.717) is 17.4 Å². The monoisotopic (exact) mass is 200 g/mol. The first-order valence-corrected chi connectivity index (χ1v) is 5.65. The molecule has 0 amide bonds. The average molecular weight is 200 g/mol. The molecule has 0 aromatic heterocycles. The van der Waals surface area contributed by atoms with Gasteiger partial charge in [-0.15, -0.1) is 0 Å². The van der Waals surface area contributed by atoms with Gasteiger partial charge in [0, 0.05) is 19.1 Å². The molecule has 2 heteroatoms. The fraction of sp³-hybridized carbons (Fsp3) is 1.00. The molecule has 0 bridgehead atoms. The Kier molecular flexibility index (Phi) is 5.68. The molecule has 0 aromatic rings. The van der Waals surface area contributed by atoms with Gasteiger partial charge in [-0.05, 0) is 24.8 Å². The smallest absolute Gasteiger partial charge is 0.0170 e. The van der Waals surface area contributed by atoms with E-state index < -0.39 is 0 Å². The van der Waals surface area contributed by atoms with Crippen molar-refractivity contribution in [2.45, 2.75) is 47.1 Å². The third-order valence-electron chi connectivity index (χ3n) is 2.06. The zero-order valence-electron chi connectivity index (χ0n) is 10.8. The van der Waals surface area contributed by atoms with E-state index in [0.717, 1.165) is 19.5 Å². The van der Waals surface area contributed by atoms with Crippen LogP contribution in [0.2, 0.25) is 0 Å². The van der Waals surface area contributed by atoms with Crippen molar-refractivity contribution >= 4 is 0 Å². The molecular weight excluding hydrogens is 172 g/mol. The zero-order chi connectivity index (χ0) is 11.4. The minimum absolute atomic E-state index is 0.322. The van der Waals surface area contributed by atoms with Gasteiger partial charge in [-0.3, -0.25) is 0 Å². The van der Waals surface area contributed by atoms with E-state index >= 15 is 0 Å². The largest absolute Gasteiger partial charge is 0.327 e. The molecule has 0 aliphatic carbocycles. The summed E-state index contributed by atoms with van der Waals surface area (Å²) in [7, 11) is 2.16. The van der Waals surface area contributed by atoms with Crippen molar-refractivity contribution < 1.29 is 0 Å². The van der Waals surface area contributed by atoms with Crippen LogP contribution in [0.15, 0.2) is 0 Å². The average Bonchev–Trinajstić information content (AvgIpc) is 1.77. The lowest BCUT2D eigenvalue weighted by molar-refractivity contribution is 0.211. The molecule has 0 saturated carbocycles. The first-order chi connectivity index (χ1) is 6.20. The van der Waals surface area contributed by atoms with Crippen LogP contribution in [0.3, 0.4) is 0 Å². The van der Waals surface area contributed by atoms with Crippen molar-refractivity contribution in [1.29, 1.82) is 0 Å². The highest BCUT2D eigenvalue weighted by Gasteiger charge is 2.15. The van der Waals surface area contributed by atoms with Gasteiger partial charge in [-0.2, -0.15) is 0 Å². The fourth-order valence-corrected chi connectivity index (χ4v) is 1.95. The minimum atomic E-state index is 0.322. The van der Waals surface area contributed by atoms with Crippen LogP contribution in [-0.4, -0.2) is 31.1 Å². The molecule has 0 aliphatic heterocycles. The summed E-state index contributed by atoms with van der Waals surface area (Å²) in [5.74, 6) is 0.702. The van der Waals surface area contributed by atoms with Crippen LogP contribution in [0.5, 0.6) is 0 Å². The summed E-state index contributed by atoms with van der Waals surface area (Å²) in [5, 5.41) is 0. The Balaban J connectivity index is 3.76. The van der Waals surface area contributed by atoms with E-state index in [1.807, 2.05) is 0 Å². The SMILES string of the molecule is CC(C)CC(N)CN(C)CC(C)(C)C. The molecule has 0 radical (unpaired) electrons. The van der Waals surface area contributed by atoms with E-state index in [1.54, 1.807) is 0 Å². The summed E-state index contributed by atoms with van der Waals surface area (Å²) < 4.78 is 0. The first-order valence-electron chi connectivity index (χ1n) is 5.65. The highest BCUT2D eigenvalue weighted by Crippen LogP contribution is 2.14. The van der Waals surface area contributed by atoms with Gasteiger partial charge in [0.1, 0.15) is 0 Å². The number of hydrogen-bond acceptors (Lipinski definition) is 2. The molecule has 2 nitrogen and oxygen atoms in total. The van der Waals surface area contributed by atoms with E-state index in [2.05, 4.69) is 46.6 Å². The van der Waals surface area contributed by atoms with E-state index in [-0.39, 0.29) is 0 Å². The van der Waals surface area contributed by atoms with E-state index in [1.165, 1.54) is 0 Å². The van der Waals surface area contributed by atoms with Crippen molar-refractivity contribution in [2.75, 3.05) is 20.1 Å². The minimum Gasteiger partial charge on any atom is -0.327 e. The van der Waals surface area contributed by atoms with Crippen molar-refractivity contribution in [3.05, 3.63) is 0 Å². The normalized spacial score (nSPS) is 15.2. The third-order valence-corrected chi connectivity index (χ3v) is 2.06. The van der Waals surface area contributed by atoms with Gasteiger partial charge in [0.05, 0.1) is 0 Å². The summed E-state index contributed by atoms with van der Waals surface area (Å²) in [4.78, 5) is 2.34. The highest BCUT2D eigenvalue weighted by atomic mass is 15.1. The van der Waals surface area contributed by atoms with Gasteiger partial charge in [-0.25, -0.2) is 0 Å². The van der Waals surface area contributed by atoms with Gasteiger partial charge in [0.2, 0.25) is 0 Å². The second-order valence-corrected chi connectivity index (χ2v) is 6.15. The van der Waals surface area contributed by atoms with Crippen LogP contribution in [0.4, 0.5) is 0 Å². The maximum Gasteiger partial charge on any atom is 0.0170 e. The first kappa shape index (κ1) is 13.9. The summed E-state index contributed by atoms with van der Waals surface area (Å²) in [6.07, 6.45) is 1.12. The molecule has 14 heavy (non-hydrogen) atoms. The highest BCUT2D eigenvalue weighted by molar-refractivity contribution is 4.72. The van der Waals surface area contributed by atoms with E-state index in [9.17, 15) is 0 Å². The molecule has 0 spiro atoms. The standard InChI is InChI=1S/C12H28N2/c1-10(2)7-11(13)8-14(6)9-12(3,4)5/h10-11H,7-9,13H2,1-6H3. The van der Waals surface area contributed by atoms with Crippen LogP contribution < -0.4 is 5.73 Å². The summed E-state index contributed by atoms with van der Waals surface area (Å²) in [6.45, 7) is 13.4. The second-order valence-electron chi connectivity index (χ2n) is 6.15. The summed E-state index contributed by atoms with van der Waals surface area (Å²) >= 11 is 0. The van der Waals surface area contributed by atoms with Crippen LogP contribution >= 0.6 is 0 Å². The Bertz CT molecular complexity index is 147. The number of nitrogens with zero attached hydrogens (tertiary/aromatic N) is 1. The van der Waals surface area contributed by atoms with Gasteiger partial charge >= 0.3 is 0 Å². The third kappa shape index (κ3) is 8.52. The second kappa shape index (κ2) is 5.72. The molecule has 86 valence electrons. The molecule has 0 heterocycles. The molecule has 0 aliphatic rings. The molecule has 1 unspecified atom stereocenters. The Labute approximate surface area is 89.9 Å². The molecule has 0 rings (SSSR count). The zero-order valence-corrected chi connectivity index (χ0v) is 10.8. The lowest BCUT2D eigenvalue weighted by Gasteiger charge is -2.29. The fourth-order valence-electron chi connectivity index (χ4n) is 1.95. The van der Waals surface area contributed by atoms with E-state index in [4.69, 9.17) is 5.73 Å². The van der Waals surface area contributed by atoms with Gasteiger partial charge < -0.3 is 10.6 Å². The maximum absolute atomic E-state index is 6.05. The lowest BCUT2D eigenvalue weighted by atomic mass is 9.95. The lowest BCUT2D eigenvalue weighted by Crippen LogP contribution is -2.39. The number of likely N-dealkylation sites (N-methyl/N-ethyl adjacent to an activating group) is 1. The van der Waals surface area contributed by atoms with Crippen molar-refractivity contribution in [2.24, 2.45) is 17.1 Å². The van der Waals surface area contributed by atoms with Gasteiger partial charge in [0.25, 0.3) is 0 Å². The molecular formula is C12H28N2. The number of rotatable bonds is 5. The summed E-state index contributed by atoms with van der Waals surface area (Å²) in [6, 6.07) is 0.322. The maximum atomic E-state index is 6.05. The van der Waals surface area contributed by atoms with Crippen molar-refractivity contribution in [3.63, 3.8) is 0 Å². The molecule has 2 N–H and O–H groups in total. The van der Waals surface area contributed by atoms with Crippen LogP contribution in [0, 0.1) is 11.3 Å². The van der Waals surface area contributed by atoms with Crippen molar-refractivity contribution in [3.8, 4) is 0 Å². The predicted molar refractivity (Wildman–Crippen MR) is 64.4 cm³/mol.